The molecule has 0 fully saturated rings. The van der Waals surface area contributed by atoms with Crippen LogP contribution in [0.3, 0.4) is 0 Å². The second-order valence-electron chi connectivity index (χ2n) is 3.93. The molecule has 0 unspecified atom stereocenters. The summed E-state index contributed by atoms with van der Waals surface area (Å²) in [5, 5.41) is 3.25. The molecule has 0 saturated carbocycles. The first-order valence-corrected chi connectivity index (χ1v) is 7.26. The molecule has 0 saturated heterocycles. The minimum Gasteiger partial charge on any atom is -0.389 e. The van der Waals surface area contributed by atoms with Gasteiger partial charge in [0.05, 0.1) is 5.69 Å². The number of rotatable bonds is 3. The first kappa shape index (κ1) is 15.4. The molecule has 0 amide bonds. The summed E-state index contributed by atoms with van der Waals surface area (Å²) in [5.41, 5.74) is 5.79. The van der Waals surface area contributed by atoms with Crippen molar-refractivity contribution in [1.29, 1.82) is 0 Å². The van der Waals surface area contributed by atoms with E-state index in [1.54, 1.807) is 18.2 Å². The van der Waals surface area contributed by atoms with Crippen LogP contribution in [0.2, 0.25) is 5.02 Å². The van der Waals surface area contributed by atoms with Crippen molar-refractivity contribution in [2.24, 2.45) is 5.73 Å². The largest absolute Gasteiger partial charge is 0.389 e. The third-order valence-corrected chi connectivity index (χ3v) is 3.88. The highest BCUT2D eigenvalue weighted by atomic mass is 127. The van der Waals surface area contributed by atoms with Crippen LogP contribution in [0.5, 0.6) is 0 Å². The van der Waals surface area contributed by atoms with Crippen LogP contribution >= 0.6 is 46.4 Å². The summed E-state index contributed by atoms with van der Waals surface area (Å²) >= 11 is 12.5. The Morgan fingerprint density at radius 2 is 1.80 bits per heavy atom. The standard InChI is InChI=1S/C13H8ClF2IN2S/c14-7-1-2-11(10(17)5-7)19-12-8(15)3-6(13(18)20)4-9(12)16/h1-5,19H,(H2,18,20). The van der Waals surface area contributed by atoms with Crippen molar-refractivity contribution >= 4 is 62.8 Å². The summed E-state index contributed by atoms with van der Waals surface area (Å²) in [4.78, 5) is -0.0598. The van der Waals surface area contributed by atoms with Gasteiger partial charge in [0.1, 0.15) is 22.3 Å². The van der Waals surface area contributed by atoms with E-state index in [-0.39, 0.29) is 16.2 Å². The van der Waals surface area contributed by atoms with E-state index in [4.69, 9.17) is 29.6 Å². The fourth-order valence-corrected chi connectivity index (χ4v) is 2.68. The summed E-state index contributed by atoms with van der Waals surface area (Å²) in [5.74, 6) is -1.53. The fourth-order valence-electron chi connectivity index (χ4n) is 1.56. The van der Waals surface area contributed by atoms with E-state index in [9.17, 15) is 8.78 Å². The summed E-state index contributed by atoms with van der Waals surface area (Å²) < 4.78 is 28.6. The Morgan fingerprint density at radius 1 is 1.20 bits per heavy atom. The van der Waals surface area contributed by atoms with Crippen molar-refractivity contribution in [3.05, 3.63) is 56.1 Å². The van der Waals surface area contributed by atoms with Crippen LogP contribution in [0.1, 0.15) is 5.56 Å². The number of thiocarbonyl (C=S) groups is 1. The molecule has 2 rings (SSSR count). The molecule has 2 aromatic carbocycles. The lowest BCUT2D eigenvalue weighted by Gasteiger charge is -2.12. The number of halogens is 4. The van der Waals surface area contributed by atoms with Crippen LogP contribution < -0.4 is 11.1 Å². The first-order chi connectivity index (χ1) is 9.38. The molecule has 0 spiro atoms. The van der Waals surface area contributed by atoms with Gasteiger partial charge in [0.2, 0.25) is 0 Å². The Morgan fingerprint density at radius 3 is 2.30 bits per heavy atom. The normalized spacial score (nSPS) is 10.4. The van der Waals surface area contributed by atoms with Gasteiger partial charge in [-0.2, -0.15) is 0 Å². The van der Waals surface area contributed by atoms with Gasteiger partial charge in [-0.1, -0.05) is 23.8 Å². The molecular formula is C13H8ClF2IN2S. The minimum absolute atomic E-state index is 0.0598. The first-order valence-electron chi connectivity index (χ1n) is 5.39. The molecule has 3 N–H and O–H groups in total. The van der Waals surface area contributed by atoms with Crippen molar-refractivity contribution in [2.75, 3.05) is 5.32 Å². The van der Waals surface area contributed by atoms with Gasteiger partial charge in [-0.05, 0) is 52.9 Å². The van der Waals surface area contributed by atoms with Gasteiger partial charge in [-0.15, -0.1) is 0 Å². The summed E-state index contributed by atoms with van der Waals surface area (Å²) in [6.07, 6.45) is 0. The van der Waals surface area contributed by atoms with E-state index in [2.05, 4.69) is 5.32 Å². The quantitative estimate of drug-likeness (QED) is 0.559. The second-order valence-corrected chi connectivity index (χ2v) is 5.97. The molecule has 104 valence electrons. The van der Waals surface area contributed by atoms with Crippen LogP contribution in [0.25, 0.3) is 0 Å². The van der Waals surface area contributed by atoms with E-state index in [1.165, 1.54) is 0 Å². The smallest absolute Gasteiger partial charge is 0.150 e. The number of anilines is 2. The number of hydrogen-bond acceptors (Lipinski definition) is 2. The van der Waals surface area contributed by atoms with Crippen LogP contribution in [-0.2, 0) is 0 Å². The summed E-state index contributed by atoms with van der Waals surface area (Å²) in [6, 6.07) is 7.15. The van der Waals surface area contributed by atoms with Gasteiger partial charge < -0.3 is 11.1 Å². The van der Waals surface area contributed by atoms with Gasteiger partial charge in [0, 0.05) is 14.2 Å². The molecule has 2 aromatic rings. The number of nitrogens with one attached hydrogen (secondary N) is 1. The maximum Gasteiger partial charge on any atom is 0.150 e. The SMILES string of the molecule is NC(=S)c1cc(F)c(Nc2ccc(Cl)cc2I)c(F)c1. The second kappa shape index (κ2) is 6.19. The molecule has 2 nitrogen and oxygen atoms in total. The lowest BCUT2D eigenvalue weighted by atomic mass is 10.1. The summed E-state index contributed by atoms with van der Waals surface area (Å²) in [7, 11) is 0. The van der Waals surface area contributed by atoms with Gasteiger partial charge in [0.25, 0.3) is 0 Å². The van der Waals surface area contributed by atoms with Crippen molar-refractivity contribution in [1.82, 2.24) is 0 Å². The maximum atomic E-state index is 13.9. The van der Waals surface area contributed by atoms with Crippen molar-refractivity contribution in [3.8, 4) is 0 Å². The third-order valence-electron chi connectivity index (χ3n) is 2.52. The molecule has 7 heteroatoms. The zero-order chi connectivity index (χ0) is 14.9. The molecule has 0 aliphatic heterocycles. The minimum atomic E-state index is -0.765. The zero-order valence-corrected chi connectivity index (χ0v) is 13.6. The average Bonchev–Trinajstić information content (AvgIpc) is 2.35. The van der Waals surface area contributed by atoms with Crippen molar-refractivity contribution in [2.45, 2.75) is 0 Å². The number of nitrogens with two attached hydrogens (primary N) is 1. The van der Waals surface area contributed by atoms with Gasteiger partial charge >= 0.3 is 0 Å². The maximum absolute atomic E-state index is 13.9. The van der Waals surface area contributed by atoms with Gasteiger partial charge in [-0.3, -0.25) is 0 Å². The molecule has 0 aliphatic rings. The molecule has 0 aromatic heterocycles. The van der Waals surface area contributed by atoms with Crippen LogP contribution in [0, 0.1) is 15.2 Å². The number of benzene rings is 2. The highest BCUT2D eigenvalue weighted by Crippen LogP contribution is 2.29. The Bertz CT molecular complexity index is 671. The van der Waals surface area contributed by atoms with E-state index >= 15 is 0 Å². The van der Waals surface area contributed by atoms with Gasteiger partial charge in [0.15, 0.2) is 0 Å². The fraction of sp³-hybridized carbons (Fsp3) is 0. The predicted molar refractivity (Wildman–Crippen MR) is 89.7 cm³/mol. The molecule has 20 heavy (non-hydrogen) atoms. The predicted octanol–water partition coefficient (Wildman–Crippen LogP) is 4.60. The van der Waals surface area contributed by atoms with E-state index < -0.39 is 11.6 Å². The Kier molecular flexibility index (Phi) is 4.77. The van der Waals surface area contributed by atoms with Gasteiger partial charge in [-0.25, -0.2) is 8.78 Å². The molecule has 0 bridgehead atoms. The molecule has 0 heterocycles. The lowest BCUT2D eigenvalue weighted by Crippen LogP contribution is -2.11. The highest BCUT2D eigenvalue weighted by Gasteiger charge is 2.13. The highest BCUT2D eigenvalue weighted by molar-refractivity contribution is 14.1. The van der Waals surface area contributed by atoms with Crippen molar-refractivity contribution < 1.29 is 8.78 Å². The average molecular weight is 425 g/mol. The molecule has 0 radical (unpaired) electrons. The monoisotopic (exact) mass is 424 g/mol. The van der Waals surface area contributed by atoms with Crippen molar-refractivity contribution in [3.63, 3.8) is 0 Å². The topological polar surface area (TPSA) is 38.0 Å². The molecular weight excluding hydrogens is 417 g/mol. The molecule has 0 atom stereocenters. The van der Waals surface area contributed by atoms with E-state index in [0.717, 1.165) is 15.7 Å². The number of hydrogen-bond donors (Lipinski definition) is 2. The third kappa shape index (κ3) is 3.36. The van der Waals surface area contributed by atoms with E-state index in [1.807, 2.05) is 22.6 Å². The van der Waals surface area contributed by atoms with Crippen LogP contribution in [0.15, 0.2) is 30.3 Å². The van der Waals surface area contributed by atoms with Crippen LogP contribution in [0.4, 0.5) is 20.2 Å². The molecule has 0 aliphatic carbocycles. The van der Waals surface area contributed by atoms with E-state index in [0.29, 0.717) is 10.7 Å². The summed E-state index contributed by atoms with van der Waals surface area (Å²) in [6.45, 7) is 0. The Balaban J connectivity index is 2.41. The Labute approximate surface area is 138 Å². The Hall–Kier alpha value is -0.990. The zero-order valence-electron chi connectivity index (χ0n) is 9.88. The lowest BCUT2D eigenvalue weighted by molar-refractivity contribution is 0.590. The van der Waals surface area contributed by atoms with Crippen LogP contribution in [-0.4, -0.2) is 4.99 Å².